The van der Waals surface area contributed by atoms with E-state index in [2.05, 4.69) is 4.72 Å². The van der Waals surface area contributed by atoms with Crippen molar-refractivity contribution in [1.82, 2.24) is 9.12 Å². The van der Waals surface area contributed by atoms with Gasteiger partial charge in [0.2, 0.25) is 0 Å². The van der Waals surface area contributed by atoms with Gasteiger partial charge in [0.05, 0.1) is 21.5 Å². The second kappa shape index (κ2) is 6.86. The molecule has 7 heteroatoms. The van der Waals surface area contributed by atoms with Gasteiger partial charge in [-0.3, -0.25) is 9.59 Å². The van der Waals surface area contributed by atoms with E-state index in [0.29, 0.717) is 22.0 Å². The normalized spacial score (nSPS) is 11.7. The van der Waals surface area contributed by atoms with E-state index < -0.39 is 15.9 Å². The van der Waals surface area contributed by atoms with Crippen LogP contribution in [0.3, 0.4) is 0 Å². The summed E-state index contributed by atoms with van der Waals surface area (Å²) in [6, 6.07) is 16.7. The highest BCUT2D eigenvalue weighted by Gasteiger charge is 2.24. The van der Waals surface area contributed by atoms with Gasteiger partial charge in [0.25, 0.3) is 15.9 Å². The van der Waals surface area contributed by atoms with Crippen molar-refractivity contribution in [3.8, 4) is 0 Å². The first-order valence-electron chi connectivity index (χ1n) is 8.95. The maximum Gasteiger partial charge on any atom is 0.267 e. The van der Waals surface area contributed by atoms with Crippen LogP contribution >= 0.6 is 0 Å². The highest BCUT2D eigenvalue weighted by Crippen LogP contribution is 2.28. The van der Waals surface area contributed by atoms with Crippen molar-refractivity contribution in [2.75, 3.05) is 0 Å². The van der Waals surface area contributed by atoms with Crippen LogP contribution in [0.4, 0.5) is 0 Å². The molecule has 29 heavy (non-hydrogen) atoms. The highest BCUT2D eigenvalue weighted by atomic mass is 32.2. The topological polar surface area (TPSA) is 84.7 Å². The summed E-state index contributed by atoms with van der Waals surface area (Å²) in [5.41, 5.74) is 2.75. The van der Waals surface area contributed by atoms with Crippen LogP contribution in [-0.4, -0.2) is 24.5 Å². The lowest BCUT2D eigenvalue weighted by Gasteiger charge is -2.08. The molecule has 4 rings (SSSR count). The molecule has 2 heterocycles. The molecule has 0 unspecified atom stereocenters. The molecule has 0 saturated heterocycles. The molecule has 4 aromatic rings. The molecule has 0 radical (unpaired) electrons. The number of rotatable bonds is 4. The standard InChI is InChI=1S/C22H18N2O4S/c1-14-6-5-7-17(12-14)29(27,28)23-22(26)21-18-10-9-16(15(2)25)13-20(18)24-11-4-3-8-19(21)24/h3-13H,1-2H3,(H,23,26). The number of carbonyl (C=O) groups excluding carboxylic acids is 2. The van der Waals surface area contributed by atoms with Crippen molar-refractivity contribution in [3.05, 3.63) is 83.6 Å². The molecule has 1 N–H and O–H groups in total. The Morgan fingerprint density at radius 3 is 2.45 bits per heavy atom. The molecule has 0 saturated carbocycles. The number of ketones is 1. The average Bonchev–Trinajstić information content (AvgIpc) is 3.01. The number of sulfonamides is 1. The minimum atomic E-state index is -4.03. The maximum absolute atomic E-state index is 13.1. The van der Waals surface area contributed by atoms with Gasteiger partial charge < -0.3 is 4.40 Å². The van der Waals surface area contributed by atoms with Crippen molar-refractivity contribution in [3.63, 3.8) is 0 Å². The zero-order valence-electron chi connectivity index (χ0n) is 15.8. The fourth-order valence-corrected chi connectivity index (χ4v) is 4.47. The molecule has 2 aromatic heterocycles. The first-order valence-corrected chi connectivity index (χ1v) is 10.4. The molecule has 0 spiro atoms. The van der Waals surface area contributed by atoms with Crippen LogP contribution in [0.15, 0.2) is 71.8 Å². The van der Waals surface area contributed by atoms with E-state index in [1.807, 2.05) is 0 Å². The fraction of sp³-hybridized carbons (Fsp3) is 0.0909. The second-order valence-electron chi connectivity index (χ2n) is 6.87. The molecule has 2 aromatic carbocycles. The second-order valence-corrected chi connectivity index (χ2v) is 8.55. The summed E-state index contributed by atoms with van der Waals surface area (Å²) < 4.78 is 29.4. The summed E-state index contributed by atoms with van der Waals surface area (Å²) in [5.74, 6) is -0.813. The van der Waals surface area contributed by atoms with Gasteiger partial charge >= 0.3 is 0 Å². The Kier molecular flexibility index (Phi) is 4.47. The smallest absolute Gasteiger partial charge is 0.267 e. The van der Waals surface area contributed by atoms with Gasteiger partial charge in [-0.1, -0.05) is 30.3 Å². The first-order chi connectivity index (χ1) is 13.8. The minimum absolute atomic E-state index is 0.0255. The SMILES string of the molecule is CC(=O)c1ccc2c(C(=O)NS(=O)(=O)c3cccc(C)c3)c3ccccn3c2c1. The van der Waals surface area contributed by atoms with Gasteiger partial charge in [0.1, 0.15) is 0 Å². The Morgan fingerprint density at radius 1 is 0.931 bits per heavy atom. The number of hydrogen-bond acceptors (Lipinski definition) is 4. The highest BCUT2D eigenvalue weighted by molar-refractivity contribution is 7.90. The third-order valence-electron chi connectivity index (χ3n) is 4.80. The van der Waals surface area contributed by atoms with Gasteiger partial charge in [-0.15, -0.1) is 0 Å². The summed E-state index contributed by atoms with van der Waals surface area (Å²) in [6.07, 6.45) is 1.77. The number of aryl methyl sites for hydroxylation is 1. The number of nitrogens with zero attached hydrogens (tertiary/aromatic N) is 1. The van der Waals surface area contributed by atoms with Gasteiger partial charge in [-0.25, -0.2) is 13.1 Å². The molecular formula is C22H18N2O4S. The van der Waals surface area contributed by atoms with Crippen molar-refractivity contribution >= 4 is 38.1 Å². The predicted octanol–water partition coefficient (Wildman–Crippen LogP) is 3.72. The van der Waals surface area contributed by atoms with Crippen molar-refractivity contribution < 1.29 is 18.0 Å². The lowest BCUT2D eigenvalue weighted by Crippen LogP contribution is -2.30. The predicted molar refractivity (Wildman–Crippen MR) is 111 cm³/mol. The third kappa shape index (κ3) is 3.30. The summed E-state index contributed by atoms with van der Waals surface area (Å²) >= 11 is 0. The maximum atomic E-state index is 13.1. The number of hydrogen-bond donors (Lipinski definition) is 1. The number of carbonyl (C=O) groups is 2. The zero-order valence-corrected chi connectivity index (χ0v) is 16.7. The number of aromatic nitrogens is 1. The molecule has 0 fully saturated rings. The molecule has 0 aliphatic carbocycles. The molecule has 146 valence electrons. The Morgan fingerprint density at radius 2 is 1.72 bits per heavy atom. The van der Waals surface area contributed by atoms with Crippen LogP contribution in [0.2, 0.25) is 0 Å². The van der Waals surface area contributed by atoms with Gasteiger partial charge in [-0.2, -0.15) is 0 Å². The minimum Gasteiger partial charge on any atom is -0.316 e. The van der Waals surface area contributed by atoms with Crippen LogP contribution in [-0.2, 0) is 10.0 Å². The van der Waals surface area contributed by atoms with Crippen LogP contribution in [0.5, 0.6) is 0 Å². The summed E-state index contributed by atoms with van der Waals surface area (Å²) in [5, 5.41) is 0.568. The number of pyridine rings is 1. The molecule has 0 aliphatic heterocycles. The van der Waals surface area contributed by atoms with E-state index >= 15 is 0 Å². The van der Waals surface area contributed by atoms with E-state index in [9.17, 15) is 18.0 Å². The molecule has 6 nitrogen and oxygen atoms in total. The molecule has 1 amide bonds. The third-order valence-corrected chi connectivity index (χ3v) is 6.13. The lowest BCUT2D eigenvalue weighted by atomic mass is 10.1. The Labute approximate surface area is 167 Å². The number of Topliss-reactive ketones (excluding diaryl/α,β-unsaturated/α-hetero) is 1. The van der Waals surface area contributed by atoms with E-state index in [4.69, 9.17) is 0 Å². The van der Waals surface area contributed by atoms with E-state index in [0.717, 1.165) is 5.56 Å². The Hall–Kier alpha value is -3.45. The fourth-order valence-electron chi connectivity index (χ4n) is 3.41. The van der Waals surface area contributed by atoms with Gasteiger partial charge in [0, 0.05) is 17.1 Å². The van der Waals surface area contributed by atoms with Crippen molar-refractivity contribution in [2.45, 2.75) is 18.7 Å². The Balaban J connectivity index is 1.86. The number of fused-ring (bicyclic) bond motifs is 3. The number of amides is 1. The lowest BCUT2D eigenvalue weighted by molar-refractivity contribution is 0.0982. The number of benzene rings is 2. The summed E-state index contributed by atoms with van der Waals surface area (Å²) in [4.78, 5) is 24.9. The molecule has 0 atom stereocenters. The zero-order chi connectivity index (χ0) is 20.8. The monoisotopic (exact) mass is 406 g/mol. The molecular weight excluding hydrogens is 388 g/mol. The van der Waals surface area contributed by atoms with Crippen LogP contribution in [0.25, 0.3) is 16.4 Å². The van der Waals surface area contributed by atoms with E-state index in [1.54, 1.807) is 66.1 Å². The molecule has 0 bridgehead atoms. The van der Waals surface area contributed by atoms with Crippen LogP contribution in [0, 0.1) is 6.92 Å². The van der Waals surface area contributed by atoms with Gasteiger partial charge in [-0.05, 0) is 49.7 Å². The molecule has 0 aliphatic rings. The number of nitrogens with one attached hydrogen (secondary N) is 1. The van der Waals surface area contributed by atoms with E-state index in [-0.39, 0.29) is 16.2 Å². The van der Waals surface area contributed by atoms with Gasteiger partial charge in [0.15, 0.2) is 5.78 Å². The quantitative estimate of drug-likeness (QED) is 0.524. The van der Waals surface area contributed by atoms with Crippen molar-refractivity contribution in [2.24, 2.45) is 0 Å². The first kappa shape index (κ1) is 18.9. The Bertz CT molecular complexity index is 1400. The summed E-state index contributed by atoms with van der Waals surface area (Å²) in [6.45, 7) is 3.25. The largest absolute Gasteiger partial charge is 0.316 e. The van der Waals surface area contributed by atoms with Crippen LogP contribution in [0.1, 0.15) is 33.2 Å². The average molecular weight is 406 g/mol. The summed E-state index contributed by atoms with van der Waals surface area (Å²) in [7, 11) is -4.03. The van der Waals surface area contributed by atoms with Crippen LogP contribution < -0.4 is 4.72 Å². The van der Waals surface area contributed by atoms with Crippen molar-refractivity contribution in [1.29, 1.82) is 0 Å². The van der Waals surface area contributed by atoms with E-state index in [1.165, 1.54) is 19.1 Å².